The number of amides is 4. The number of imide groups is 2. The lowest BCUT2D eigenvalue weighted by atomic mass is 9.99. The Morgan fingerprint density at radius 3 is 1.88 bits per heavy atom. The molecule has 2 heterocycles. The molecule has 40 heavy (non-hydrogen) atoms. The van der Waals surface area contributed by atoms with E-state index in [2.05, 4.69) is 76.2 Å². The van der Waals surface area contributed by atoms with E-state index in [0.29, 0.717) is 4.88 Å². The first-order valence-electron chi connectivity index (χ1n) is 12.7. The van der Waals surface area contributed by atoms with Gasteiger partial charge in [-0.15, -0.1) is 11.3 Å². The lowest BCUT2D eigenvalue weighted by molar-refractivity contribution is -0.123. The number of anilines is 3. The monoisotopic (exact) mass is 539 g/mol. The normalized spacial score (nSPS) is 13.5. The van der Waals surface area contributed by atoms with Gasteiger partial charge in [0.15, 0.2) is 0 Å². The molecule has 6 nitrogen and oxygen atoms in total. The molecule has 0 unspecified atom stereocenters. The van der Waals surface area contributed by atoms with Crippen LogP contribution < -0.4 is 15.5 Å². The summed E-state index contributed by atoms with van der Waals surface area (Å²) in [5.41, 5.74) is 1.92. The Labute approximate surface area is 233 Å². The van der Waals surface area contributed by atoms with Crippen molar-refractivity contribution in [1.82, 2.24) is 10.6 Å². The lowest BCUT2D eigenvalue weighted by Crippen LogP contribution is -2.51. The number of thiophene rings is 1. The molecule has 1 aliphatic heterocycles. The summed E-state index contributed by atoms with van der Waals surface area (Å²) < 4.78 is 0. The molecule has 1 saturated heterocycles. The molecule has 1 aliphatic rings. The number of nitrogens with zero attached hydrogens (tertiary/aromatic N) is 1. The molecule has 4 amide bonds. The van der Waals surface area contributed by atoms with Crippen LogP contribution in [0.2, 0.25) is 0 Å². The molecule has 2 N–H and O–H groups in total. The zero-order valence-electron chi connectivity index (χ0n) is 21.0. The van der Waals surface area contributed by atoms with Crippen LogP contribution in [-0.2, 0) is 9.59 Å². The van der Waals surface area contributed by atoms with Gasteiger partial charge in [-0.05, 0) is 58.0 Å². The number of hydrogen-bond acceptors (Lipinski definition) is 5. The van der Waals surface area contributed by atoms with Crippen LogP contribution >= 0.6 is 11.3 Å². The Morgan fingerprint density at radius 1 is 0.600 bits per heavy atom. The van der Waals surface area contributed by atoms with E-state index >= 15 is 0 Å². The number of fused-ring (bicyclic) bond motifs is 3. The average Bonchev–Trinajstić information content (AvgIpc) is 3.43. The highest BCUT2D eigenvalue weighted by atomic mass is 32.1. The summed E-state index contributed by atoms with van der Waals surface area (Å²) in [5, 5.41) is 11.9. The summed E-state index contributed by atoms with van der Waals surface area (Å²) in [6.45, 7) is 0. The highest BCUT2D eigenvalue weighted by Crippen LogP contribution is 2.46. The molecule has 7 rings (SSSR count). The van der Waals surface area contributed by atoms with E-state index in [1.807, 2.05) is 48.5 Å². The van der Waals surface area contributed by atoms with Crippen LogP contribution in [0.4, 0.5) is 21.2 Å². The number of benzene rings is 5. The van der Waals surface area contributed by atoms with Gasteiger partial charge in [0.25, 0.3) is 11.8 Å². The van der Waals surface area contributed by atoms with E-state index < -0.39 is 17.8 Å². The van der Waals surface area contributed by atoms with Gasteiger partial charge in [-0.1, -0.05) is 78.9 Å². The van der Waals surface area contributed by atoms with Gasteiger partial charge in [0.1, 0.15) is 10.6 Å². The first-order valence-corrected chi connectivity index (χ1v) is 13.5. The minimum atomic E-state index is -0.815. The molecule has 0 saturated carbocycles. The van der Waals surface area contributed by atoms with Crippen molar-refractivity contribution in [2.45, 2.75) is 0 Å². The van der Waals surface area contributed by atoms with Crippen molar-refractivity contribution < 1.29 is 14.4 Å². The molecule has 192 valence electrons. The Bertz CT molecular complexity index is 1970. The summed E-state index contributed by atoms with van der Waals surface area (Å²) in [6, 6.07) is 36.6. The van der Waals surface area contributed by atoms with Crippen molar-refractivity contribution in [2.75, 3.05) is 4.90 Å². The summed E-state index contributed by atoms with van der Waals surface area (Å²) in [5.74, 6) is -1.43. The van der Waals surface area contributed by atoms with E-state index in [0.717, 1.165) is 48.7 Å². The summed E-state index contributed by atoms with van der Waals surface area (Å²) in [4.78, 5) is 39.2. The number of carbonyl (C=O) groups excluding carboxylic acids is 3. The number of barbiturate groups is 1. The summed E-state index contributed by atoms with van der Waals surface area (Å²) >= 11 is 1.46. The molecule has 0 bridgehead atoms. The van der Waals surface area contributed by atoms with Crippen molar-refractivity contribution in [1.29, 1.82) is 0 Å². The fraction of sp³-hybridized carbons (Fsp3) is 0. The average molecular weight is 540 g/mol. The van der Waals surface area contributed by atoms with Gasteiger partial charge < -0.3 is 4.90 Å². The topological polar surface area (TPSA) is 78.5 Å². The van der Waals surface area contributed by atoms with E-state index in [1.165, 1.54) is 17.4 Å². The molecule has 7 heteroatoms. The fourth-order valence-corrected chi connectivity index (χ4v) is 6.18. The van der Waals surface area contributed by atoms with Crippen molar-refractivity contribution in [3.63, 3.8) is 0 Å². The number of carbonyl (C=O) groups is 3. The Kier molecular flexibility index (Phi) is 5.65. The highest BCUT2D eigenvalue weighted by molar-refractivity contribution is 7.17. The van der Waals surface area contributed by atoms with Gasteiger partial charge in [0, 0.05) is 21.3 Å². The second kappa shape index (κ2) is 9.48. The SMILES string of the molecule is O=C1NC(=O)C(=Cc2ccc(N(c3ccc4ccccc4c3)c3c4ccccc4cc4ccccc34)s2)C(=O)N1. The van der Waals surface area contributed by atoms with Crippen LogP contribution in [0.1, 0.15) is 4.88 Å². The smallest absolute Gasteiger partial charge is 0.301 e. The maximum Gasteiger partial charge on any atom is 0.328 e. The summed E-state index contributed by atoms with van der Waals surface area (Å²) in [7, 11) is 0. The van der Waals surface area contributed by atoms with Crippen molar-refractivity contribution in [3.8, 4) is 0 Å². The fourth-order valence-electron chi connectivity index (χ4n) is 5.20. The third kappa shape index (κ3) is 4.09. The first-order chi connectivity index (χ1) is 19.5. The zero-order chi connectivity index (χ0) is 27.2. The predicted molar refractivity (Wildman–Crippen MR) is 161 cm³/mol. The van der Waals surface area contributed by atoms with Crippen molar-refractivity contribution in [3.05, 3.63) is 120 Å². The molecule has 5 aromatic carbocycles. The van der Waals surface area contributed by atoms with Crippen LogP contribution in [0.3, 0.4) is 0 Å². The highest BCUT2D eigenvalue weighted by Gasteiger charge is 2.28. The van der Waals surface area contributed by atoms with Crippen LogP contribution in [-0.4, -0.2) is 17.8 Å². The summed E-state index contributed by atoms with van der Waals surface area (Å²) in [6.07, 6.45) is 1.52. The first kappa shape index (κ1) is 23.8. The molecule has 0 atom stereocenters. The third-order valence-electron chi connectivity index (χ3n) is 7.02. The van der Waals surface area contributed by atoms with E-state index in [1.54, 1.807) is 0 Å². The second-order valence-corrected chi connectivity index (χ2v) is 10.6. The Balaban J connectivity index is 1.47. The largest absolute Gasteiger partial charge is 0.328 e. The lowest BCUT2D eigenvalue weighted by Gasteiger charge is -2.27. The molecule has 0 spiro atoms. The van der Waals surface area contributed by atoms with Crippen LogP contribution in [0.15, 0.2) is 115 Å². The van der Waals surface area contributed by atoms with Crippen LogP contribution in [0.25, 0.3) is 38.4 Å². The Morgan fingerprint density at radius 2 is 1.20 bits per heavy atom. The number of urea groups is 1. The van der Waals surface area contributed by atoms with E-state index in [4.69, 9.17) is 0 Å². The van der Waals surface area contributed by atoms with Gasteiger partial charge >= 0.3 is 6.03 Å². The molecule has 0 aliphatic carbocycles. The maximum absolute atomic E-state index is 12.4. The Hall–Kier alpha value is -5.27. The molecular weight excluding hydrogens is 518 g/mol. The molecule has 1 aromatic heterocycles. The third-order valence-corrected chi connectivity index (χ3v) is 8.04. The van der Waals surface area contributed by atoms with Crippen LogP contribution in [0.5, 0.6) is 0 Å². The molecule has 0 radical (unpaired) electrons. The quantitative estimate of drug-likeness (QED) is 0.139. The minimum Gasteiger partial charge on any atom is -0.301 e. The maximum atomic E-state index is 12.4. The second-order valence-electron chi connectivity index (χ2n) is 9.51. The van der Waals surface area contributed by atoms with Gasteiger partial charge in [0.2, 0.25) is 0 Å². The van der Waals surface area contributed by atoms with Crippen LogP contribution in [0, 0.1) is 0 Å². The van der Waals surface area contributed by atoms with Crippen molar-refractivity contribution in [2.24, 2.45) is 0 Å². The minimum absolute atomic E-state index is 0.110. The molecular formula is C33H21N3O3S. The van der Waals surface area contributed by atoms with Gasteiger partial charge in [-0.2, -0.15) is 0 Å². The van der Waals surface area contributed by atoms with Gasteiger partial charge in [-0.25, -0.2) is 4.79 Å². The number of rotatable bonds is 4. The van der Waals surface area contributed by atoms with E-state index in [9.17, 15) is 14.4 Å². The van der Waals surface area contributed by atoms with Crippen molar-refractivity contribution >= 4 is 84.0 Å². The predicted octanol–water partition coefficient (Wildman–Crippen LogP) is 7.43. The molecule has 6 aromatic rings. The van der Waals surface area contributed by atoms with E-state index in [-0.39, 0.29) is 5.57 Å². The number of hydrogen-bond donors (Lipinski definition) is 2. The van der Waals surface area contributed by atoms with Gasteiger partial charge in [-0.3, -0.25) is 20.2 Å². The zero-order valence-corrected chi connectivity index (χ0v) is 21.9. The van der Waals surface area contributed by atoms with Gasteiger partial charge in [0.05, 0.1) is 5.69 Å². The standard InChI is InChI=1S/C33H21N3O3S/c37-31-28(32(38)35-33(39)34-31)19-25-15-16-29(40-25)36(24-14-13-20-7-1-2-8-21(20)18-24)30-26-11-5-3-9-22(26)17-23-10-4-6-12-27(23)30/h1-19H,(H2,34,35,37,38,39). The molecule has 1 fully saturated rings. The number of nitrogens with one attached hydrogen (secondary N) is 2.